The van der Waals surface area contributed by atoms with Gasteiger partial charge in [-0.15, -0.1) is 0 Å². The summed E-state index contributed by atoms with van der Waals surface area (Å²) in [6, 6.07) is 0. The van der Waals surface area contributed by atoms with E-state index in [0.29, 0.717) is 0 Å². The van der Waals surface area contributed by atoms with Crippen LogP contribution in [0.4, 0.5) is 0 Å². The highest BCUT2D eigenvalue weighted by atomic mass is 35.6. The molecular weight excluding hydrogens is 244 g/mol. The number of aliphatic hydroxyl groups excluding tert-OH is 1. The Balaban J connectivity index is 0. The maximum atomic E-state index is 8.39. The molecule has 1 N–H and O–H groups in total. The summed E-state index contributed by atoms with van der Waals surface area (Å²) in [5.41, 5.74) is 0. The Hall–Kier alpha value is 1.08. The minimum absolute atomic E-state index is 0.281. The lowest BCUT2D eigenvalue weighted by molar-refractivity contribution is -0.870. The largest absolute Gasteiger partial charge is 0.391 e. The molecule has 0 aromatic carbocycles. The van der Waals surface area contributed by atoms with Crippen molar-refractivity contribution in [2.45, 2.75) is 3.25 Å². The number of quaternary nitrogens is 1. The van der Waals surface area contributed by atoms with Gasteiger partial charge in [-0.25, -0.2) is 0 Å². The van der Waals surface area contributed by atoms with Crippen LogP contribution < -0.4 is 0 Å². The fraction of sp³-hybridized carbons (Fsp3) is 1.00. The fourth-order valence-corrected chi connectivity index (χ4v) is 0.300. The maximum Gasteiger partial charge on any atom is 0.266 e. The van der Waals surface area contributed by atoms with Crippen molar-refractivity contribution in [2.24, 2.45) is 0 Å². The Labute approximate surface area is 93.5 Å². The van der Waals surface area contributed by atoms with Gasteiger partial charge in [0.2, 0.25) is 0 Å². The Morgan fingerprint density at radius 1 is 1.08 bits per heavy atom. The van der Waals surface area contributed by atoms with Crippen molar-refractivity contribution in [3.63, 3.8) is 0 Å². The first-order valence-corrected chi connectivity index (χ1v) is 4.74. The first kappa shape index (κ1) is 15.5. The van der Waals surface area contributed by atoms with E-state index in [1.807, 2.05) is 0 Å². The molecule has 2 nitrogen and oxygen atoms in total. The van der Waals surface area contributed by atoms with Crippen LogP contribution in [0.25, 0.3) is 0 Å². The van der Waals surface area contributed by atoms with Crippen LogP contribution in [0, 0.1) is 0 Å². The molecule has 0 atom stereocenters. The van der Waals surface area contributed by atoms with Gasteiger partial charge >= 0.3 is 0 Å². The van der Waals surface area contributed by atoms with E-state index >= 15 is 0 Å². The maximum absolute atomic E-state index is 8.39. The third kappa shape index (κ3) is 43.6. The molecule has 0 amide bonds. The monoisotopic (exact) mass is 256 g/mol. The number of hydrogen-bond donors (Lipinski definition) is 1. The molecule has 0 saturated carbocycles. The summed E-state index contributed by atoms with van der Waals surface area (Å²) < 4.78 is -0.767. The van der Waals surface area contributed by atoms with Crippen LogP contribution >= 0.6 is 46.4 Å². The third-order valence-corrected chi connectivity index (χ3v) is 0.771. The number of rotatable bonds is 2. The highest BCUT2D eigenvalue weighted by Gasteiger charge is 2.11. The molecule has 0 aliphatic heterocycles. The van der Waals surface area contributed by atoms with E-state index in [2.05, 4.69) is 21.1 Å². The SMILES string of the molecule is C[N+](C)(C)CCO.ClC(Cl)(Cl)Cl. The van der Waals surface area contributed by atoms with Gasteiger partial charge in [-0.1, -0.05) is 46.4 Å². The van der Waals surface area contributed by atoms with Crippen molar-refractivity contribution < 1.29 is 9.59 Å². The van der Waals surface area contributed by atoms with Crippen LogP contribution in [0.1, 0.15) is 0 Å². The second-order valence-corrected chi connectivity index (χ2v) is 6.59. The number of hydrogen-bond acceptors (Lipinski definition) is 1. The van der Waals surface area contributed by atoms with Crippen molar-refractivity contribution in [3.05, 3.63) is 0 Å². The van der Waals surface area contributed by atoms with Crippen LogP contribution in [0.2, 0.25) is 0 Å². The Morgan fingerprint density at radius 2 is 1.33 bits per heavy atom. The van der Waals surface area contributed by atoms with Crippen molar-refractivity contribution in [1.82, 2.24) is 0 Å². The van der Waals surface area contributed by atoms with Crippen molar-refractivity contribution >= 4 is 46.4 Å². The predicted octanol–water partition coefficient (Wildman–Crippen LogP) is 2.24. The molecule has 0 rings (SSSR count). The lowest BCUT2D eigenvalue weighted by atomic mass is 10.5. The van der Waals surface area contributed by atoms with Gasteiger partial charge in [0.1, 0.15) is 6.54 Å². The number of halogens is 4. The van der Waals surface area contributed by atoms with E-state index in [4.69, 9.17) is 51.5 Å². The fourth-order valence-electron chi connectivity index (χ4n) is 0.300. The first-order valence-electron chi connectivity index (χ1n) is 3.23. The summed E-state index contributed by atoms with van der Waals surface area (Å²) in [5.74, 6) is 0. The summed E-state index contributed by atoms with van der Waals surface area (Å²) >= 11 is 19.3. The smallest absolute Gasteiger partial charge is 0.266 e. The molecule has 0 unspecified atom stereocenters. The molecule has 0 spiro atoms. The van der Waals surface area contributed by atoms with E-state index in [-0.39, 0.29) is 6.61 Å². The molecule has 6 heteroatoms. The molecule has 0 aromatic rings. The molecule has 12 heavy (non-hydrogen) atoms. The van der Waals surface area contributed by atoms with Gasteiger partial charge < -0.3 is 9.59 Å². The van der Waals surface area contributed by atoms with Crippen LogP contribution in [-0.4, -0.2) is 47.1 Å². The molecule has 0 radical (unpaired) electrons. The van der Waals surface area contributed by atoms with Crippen molar-refractivity contribution in [2.75, 3.05) is 34.3 Å². The molecule has 0 aliphatic carbocycles. The second kappa shape index (κ2) is 6.52. The van der Waals surface area contributed by atoms with Crippen LogP contribution in [0.5, 0.6) is 0 Å². The Morgan fingerprint density at radius 3 is 1.33 bits per heavy atom. The van der Waals surface area contributed by atoms with E-state index in [1.165, 1.54) is 0 Å². The summed E-state index contributed by atoms with van der Waals surface area (Å²) in [7, 11) is 6.16. The molecule has 0 heterocycles. The van der Waals surface area contributed by atoms with Gasteiger partial charge in [0, 0.05) is 0 Å². The minimum atomic E-state index is -1.61. The van der Waals surface area contributed by atoms with E-state index in [1.54, 1.807) is 0 Å². The molecule has 76 valence electrons. The van der Waals surface area contributed by atoms with Gasteiger partial charge in [0.05, 0.1) is 27.7 Å². The molecule has 0 fully saturated rings. The van der Waals surface area contributed by atoms with Gasteiger partial charge in [-0.05, 0) is 0 Å². The van der Waals surface area contributed by atoms with E-state index in [0.717, 1.165) is 11.0 Å². The van der Waals surface area contributed by atoms with Crippen LogP contribution in [-0.2, 0) is 0 Å². The van der Waals surface area contributed by atoms with E-state index < -0.39 is 3.25 Å². The zero-order valence-electron chi connectivity index (χ0n) is 7.32. The van der Waals surface area contributed by atoms with Crippen LogP contribution in [0.15, 0.2) is 0 Å². The molecule has 0 aromatic heterocycles. The minimum Gasteiger partial charge on any atom is -0.391 e. The summed E-state index contributed by atoms with van der Waals surface area (Å²) in [6.45, 7) is 1.11. The quantitative estimate of drug-likeness (QED) is 0.594. The average Bonchev–Trinajstić information content (AvgIpc) is 1.54. The normalized spacial score (nSPS) is 12.0. The number of nitrogens with zero attached hydrogens (tertiary/aromatic N) is 1. The Bertz CT molecular complexity index is 101. The average molecular weight is 258 g/mol. The standard InChI is InChI=1S/C5H14NO.CCl4/c1-6(2,3)4-5-7;2-1(3,4)5/h7H,4-5H2,1-3H3;/q+1;. The second-order valence-electron chi connectivity index (χ2n) is 3.17. The summed E-state index contributed by atoms with van der Waals surface area (Å²) in [4.78, 5) is 0. The number of alkyl halides is 4. The lowest BCUT2D eigenvalue weighted by Crippen LogP contribution is -2.36. The first-order chi connectivity index (χ1) is 5.06. The number of likely N-dealkylation sites (N-methyl/N-ethyl adjacent to an activating group) is 1. The molecule has 0 aliphatic rings. The van der Waals surface area contributed by atoms with E-state index in [9.17, 15) is 0 Å². The van der Waals surface area contributed by atoms with Gasteiger partial charge in [0.25, 0.3) is 3.25 Å². The highest BCUT2D eigenvalue weighted by molar-refractivity contribution is 6.83. The van der Waals surface area contributed by atoms with Crippen molar-refractivity contribution in [1.29, 1.82) is 0 Å². The van der Waals surface area contributed by atoms with Gasteiger partial charge in [-0.3, -0.25) is 0 Å². The summed E-state index contributed by atoms with van der Waals surface area (Å²) in [5, 5.41) is 8.39. The summed E-state index contributed by atoms with van der Waals surface area (Å²) in [6.07, 6.45) is 0. The third-order valence-electron chi connectivity index (χ3n) is 0.771. The van der Waals surface area contributed by atoms with Crippen LogP contribution in [0.3, 0.4) is 0 Å². The van der Waals surface area contributed by atoms with Gasteiger partial charge in [0.15, 0.2) is 0 Å². The van der Waals surface area contributed by atoms with Gasteiger partial charge in [-0.2, -0.15) is 0 Å². The number of aliphatic hydroxyl groups is 1. The zero-order chi connectivity index (χ0) is 10.4. The molecular formula is C6H14Cl4NO+. The molecule has 0 bridgehead atoms. The van der Waals surface area contributed by atoms with Crippen molar-refractivity contribution in [3.8, 4) is 0 Å². The lowest BCUT2D eigenvalue weighted by Gasteiger charge is -2.21. The predicted molar refractivity (Wildman–Crippen MR) is 56.1 cm³/mol. The molecule has 0 saturated heterocycles. The zero-order valence-corrected chi connectivity index (χ0v) is 10.3. The topological polar surface area (TPSA) is 20.2 Å². The Kier molecular flexibility index (Phi) is 8.45. The highest BCUT2D eigenvalue weighted by Crippen LogP contribution is 2.29.